The van der Waals surface area contributed by atoms with Crippen LogP contribution in [0, 0.1) is 0 Å². The summed E-state index contributed by atoms with van der Waals surface area (Å²) in [6.07, 6.45) is 9.79. The van der Waals surface area contributed by atoms with Crippen molar-refractivity contribution in [1.29, 1.82) is 0 Å². The molecular weight excluding hydrogens is 134 g/mol. The van der Waals surface area contributed by atoms with Gasteiger partial charge in [0.2, 0.25) is 0 Å². The van der Waals surface area contributed by atoms with Gasteiger partial charge in [0.15, 0.2) is 0 Å². The second-order valence-electron chi connectivity index (χ2n) is 2.81. The van der Waals surface area contributed by atoms with Gasteiger partial charge in [0.25, 0.3) is 0 Å². The van der Waals surface area contributed by atoms with Crippen LogP contribution < -0.4 is 0 Å². The molecule has 0 aromatic rings. The molecule has 0 amide bonds. The molecule has 1 unspecified atom stereocenters. The summed E-state index contributed by atoms with van der Waals surface area (Å²) in [5.41, 5.74) is 0.844. The normalized spacial score (nSPS) is 28.5. The van der Waals surface area contributed by atoms with Crippen LogP contribution in [0.2, 0.25) is 0 Å². The molecule has 0 saturated heterocycles. The van der Waals surface area contributed by atoms with Crippen molar-refractivity contribution in [3.05, 3.63) is 36.5 Å². The molecule has 1 atom stereocenters. The van der Waals surface area contributed by atoms with Gasteiger partial charge in [0.1, 0.15) is 5.54 Å². The van der Waals surface area contributed by atoms with Crippen LogP contribution in [0.15, 0.2) is 41.4 Å². The number of nitrogens with zero attached hydrogens (tertiary/aromatic N) is 1. The highest BCUT2D eigenvalue weighted by Crippen LogP contribution is 2.25. The van der Waals surface area contributed by atoms with Crippen molar-refractivity contribution in [3.8, 4) is 0 Å². The van der Waals surface area contributed by atoms with Gasteiger partial charge in [-0.3, -0.25) is 4.99 Å². The molecule has 0 spiro atoms. The molecule has 1 rings (SSSR count). The van der Waals surface area contributed by atoms with Gasteiger partial charge in [-0.05, 0) is 25.5 Å². The topological polar surface area (TPSA) is 12.4 Å². The molecule has 0 saturated carbocycles. The third-order valence-corrected chi connectivity index (χ3v) is 1.87. The first kappa shape index (κ1) is 7.99. The maximum atomic E-state index is 4.30. The Morgan fingerprint density at radius 2 is 2.36 bits per heavy atom. The van der Waals surface area contributed by atoms with E-state index in [0.29, 0.717) is 0 Å². The second-order valence-corrected chi connectivity index (χ2v) is 2.81. The SMILES string of the molecule is C=C(/C=C\C)C1(C)C=CC=N1. The lowest BCUT2D eigenvalue weighted by Gasteiger charge is -2.18. The van der Waals surface area contributed by atoms with Crippen LogP contribution in [0.25, 0.3) is 0 Å². The monoisotopic (exact) mass is 147 g/mol. The van der Waals surface area contributed by atoms with Crippen LogP contribution in [-0.2, 0) is 0 Å². The predicted octanol–water partition coefficient (Wildman–Crippen LogP) is 2.52. The zero-order valence-corrected chi connectivity index (χ0v) is 7.04. The van der Waals surface area contributed by atoms with E-state index in [1.54, 1.807) is 0 Å². The fourth-order valence-corrected chi connectivity index (χ4v) is 1.03. The molecule has 1 heteroatoms. The molecule has 11 heavy (non-hydrogen) atoms. The standard InChI is InChI=1S/C10H13N/c1-4-6-9(2)10(3)7-5-8-11-10/h4-8H,2H2,1,3H3/b6-4-. The van der Waals surface area contributed by atoms with Gasteiger partial charge in [-0.1, -0.05) is 24.8 Å². The number of rotatable bonds is 2. The minimum absolute atomic E-state index is 0.188. The molecule has 58 valence electrons. The summed E-state index contributed by atoms with van der Waals surface area (Å²) in [5.74, 6) is 0. The number of aliphatic imine (C=N–C) groups is 1. The van der Waals surface area contributed by atoms with E-state index >= 15 is 0 Å². The Morgan fingerprint density at radius 3 is 2.82 bits per heavy atom. The van der Waals surface area contributed by atoms with E-state index in [-0.39, 0.29) is 5.54 Å². The lowest BCUT2D eigenvalue weighted by Crippen LogP contribution is -2.17. The molecule has 0 N–H and O–H groups in total. The average Bonchev–Trinajstić information content (AvgIpc) is 2.38. The van der Waals surface area contributed by atoms with Crippen molar-refractivity contribution >= 4 is 6.21 Å². The Bertz CT molecular complexity index is 232. The molecule has 1 heterocycles. The maximum Gasteiger partial charge on any atom is 0.101 e. The highest BCUT2D eigenvalue weighted by molar-refractivity contribution is 5.76. The minimum Gasteiger partial charge on any atom is -0.278 e. The highest BCUT2D eigenvalue weighted by Gasteiger charge is 2.22. The van der Waals surface area contributed by atoms with E-state index in [1.807, 2.05) is 31.4 Å². The van der Waals surface area contributed by atoms with Crippen LogP contribution >= 0.6 is 0 Å². The summed E-state index contributed by atoms with van der Waals surface area (Å²) in [5, 5.41) is 0. The molecular formula is C10H13N. The van der Waals surface area contributed by atoms with Crippen molar-refractivity contribution in [3.63, 3.8) is 0 Å². The first-order valence-electron chi connectivity index (χ1n) is 3.74. The third kappa shape index (κ3) is 1.48. The Morgan fingerprint density at radius 1 is 1.64 bits per heavy atom. The summed E-state index contributed by atoms with van der Waals surface area (Å²) in [6, 6.07) is 0. The fraction of sp³-hybridized carbons (Fsp3) is 0.300. The Hall–Kier alpha value is -1.11. The zero-order valence-electron chi connectivity index (χ0n) is 7.04. The number of hydrogen-bond donors (Lipinski definition) is 0. The lowest BCUT2D eigenvalue weighted by atomic mass is 9.94. The average molecular weight is 147 g/mol. The first-order chi connectivity index (χ1) is 5.19. The van der Waals surface area contributed by atoms with E-state index < -0.39 is 0 Å². The number of allylic oxidation sites excluding steroid dienone is 2. The van der Waals surface area contributed by atoms with Crippen LogP contribution in [0.4, 0.5) is 0 Å². The minimum atomic E-state index is -0.188. The smallest absolute Gasteiger partial charge is 0.101 e. The van der Waals surface area contributed by atoms with Crippen molar-refractivity contribution in [2.24, 2.45) is 4.99 Å². The van der Waals surface area contributed by atoms with Crippen molar-refractivity contribution in [1.82, 2.24) is 0 Å². The van der Waals surface area contributed by atoms with E-state index in [4.69, 9.17) is 0 Å². The van der Waals surface area contributed by atoms with Crippen LogP contribution in [0.1, 0.15) is 13.8 Å². The van der Waals surface area contributed by atoms with Gasteiger partial charge >= 0.3 is 0 Å². The zero-order chi connectivity index (χ0) is 8.32. The van der Waals surface area contributed by atoms with E-state index in [1.165, 1.54) is 0 Å². The number of hydrogen-bond acceptors (Lipinski definition) is 1. The highest BCUT2D eigenvalue weighted by atomic mass is 14.8. The van der Waals surface area contributed by atoms with Gasteiger partial charge < -0.3 is 0 Å². The van der Waals surface area contributed by atoms with Crippen molar-refractivity contribution in [2.45, 2.75) is 19.4 Å². The predicted molar refractivity (Wildman–Crippen MR) is 50.0 cm³/mol. The van der Waals surface area contributed by atoms with Crippen LogP contribution in [0.3, 0.4) is 0 Å². The van der Waals surface area contributed by atoms with Crippen LogP contribution in [0.5, 0.6) is 0 Å². The van der Waals surface area contributed by atoms with Gasteiger partial charge in [-0.25, -0.2) is 0 Å². The summed E-state index contributed by atoms with van der Waals surface area (Å²) >= 11 is 0. The Balaban J connectivity index is 2.81. The molecule has 0 fully saturated rings. The van der Waals surface area contributed by atoms with Gasteiger partial charge in [0, 0.05) is 6.21 Å². The van der Waals surface area contributed by atoms with Crippen molar-refractivity contribution < 1.29 is 0 Å². The summed E-state index contributed by atoms with van der Waals surface area (Å²) in [7, 11) is 0. The summed E-state index contributed by atoms with van der Waals surface area (Å²) in [6.45, 7) is 7.98. The maximum absolute atomic E-state index is 4.30. The molecule has 1 aliphatic rings. The molecule has 1 aliphatic heterocycles. The molecule has 0 radical (unpaired) electrons. The lowest BCUT2D eigenvalue weighted by molar-refractivity contribution is 0.724. The van der Waals surface area contributed by atoms with E-state index in [0.717, 1.165) is 5.57 Å². The van der Waals surface area contributed by atoms with Gasteiger partial charge in [0.05, 0.1) is 0 Å². The van der Waals surface area contributed by atoms with E-state index in [2.05, 4.69) is 24.6 Å². The first-order valence-corrected chi connectivity index (χ1v) is 3.74. The largest absolute Gasteiger partial charge is 0.278 e. The van der Waals surface area contributed by atoms with E-state index in [9.17, 15) is 0 Å². The molecule has 0 aliphatic carbocycles. The second kappa shape index (κ2) is 2.87. The van der Waals surface area contributed by atoms with Gasteiger partial charge in [-0.2, -0.15) is 0 Å². The van der Waals surface area contributed by atoms with Gasteiger partial charge in [-0.15, -0.1) is 0 Å². The summed E-state index contributed by atoms with van der Waals surface area (Å²) in [4.78, 5) is 4.30. The fourth-order valence-electron chi connectivity index (χ4n) is 1.03. The van der Waals surface area contributed by atoms with Crippen LogP contribution in [-0.4, -0.2) is 11.8 Å². The molecule has 0 aromatic heterocycles. The quantitative estimate of drug-likeness (QED) is 0.532. The molecule has 0 bridgehead atoms. The Kier molecular flexibility index (Phi) is 2.08. The summed E-state index contributed by atoms with van der Waals surface area (Å²) < 4.78 is 0. The van der Waals surface area contributed by atoms with Crippen molar-refractivity contribution in [2.75, 3.05) is 0 Å². The Labute approximate surface area is 67.8 Å². The molecule has 1 nitrogen and oxygen atoms in total. The molecule has 0 aromatic carbocycles. The third-order valence-electron chi connectivity index (χ3n) is 1.87.